The second kappa shape index (κ2) is 5.04. The van der Waals surface area contributed by atoms with E-state index in [1.165, 1.54) is 0 Å². The lowest BCUT2D eigenvalue weighted by molar-refractivity contribution is -0.184. The van der Waals surface area contributed by atoms with E-state index in [1.54, 1.807) is 4.90 Å². The van der Waals surface area contributed by atoms with Crippen molar-refractivity contribution in [2.24, 2.45) is 17.1 Å². The monoisotopic (exact) mass is 270 g/mol. The van der Waals surface area contributed by atoms with E-state index in [1.807, 2.05) is 20.8 Å². The molecule has 1 aliphatic carbocycles. The number of aliphatic hydroxyl groups is 1. The van der Waals surface area contributed by atoms with Crippen molar-refractivity contribution in [3.8, 4) is 0 Å². The molecule has 3 atom stereocenters. The first-order valence-electron chi connectivity index (χ1n) is 7.22. The summed E-state index contributed by atoms with van der Waals surface area (Å²) in [7, 11) is 0. The Labute approximate surface area is 115 Å². The van der Waals surface area contributed by atoms with Crippen LogP contribution in [-0.2, 0) is 9.53 Å². The Morgan fingerprint density at radius 1 is 1.47 bits per heavy atom. The molecule has 0 radical (unpaired) electrons. The highest BCUT2D eigenvalue weighted by molar-refractivity contribution is 5.89. The summed E-state index contributed by atoms with van der Waals surface area (Å²) in [5.41, 5.74) is 5.33. The minimum absolute atomic E-state index is 0.0210. The Morgan fingerprint density at radius 3 is 2.74 bits per heavy atom. The topological polar surface area (TPSA) is 75.8 Å². The average molecular weight is 270 g/mol. The highest BCUT2D eigenvalue weighted by atomic mass is 16.5. The lowest BCUT2D eigenvalue weighted by atomic mass is 9.47. The molecule has 0 spiro atoms. The van der Waals surface area contributed by atoms with Gasteiger partial charge in [0.25, 0.3) is 0 Å². The van der Waals surface area contributed by atoms with Crippen LogP contribution in [0.25, 0.3) is 0 Å². The molecule has 3 unspecified atom stereocenters. The van der Waals surface area contributed by atoms with Gasteiger partial charge in [-0.1, -0.05) is 20.8 Å². The summed E-state index contributed by atoms with van der Waals surface area (Å²) in [6, 6.07) is 0. The molecule has 0 aromatic rings. The Hall–Kier alpha value is -0.650. The van der Waals surface area contributed by atoms with Gasteiger partial charge in [0, 0.05) is 31.0 Å². The number of hydrogen-bond acceptors (Lipinski definition) is 4. The Kier molecular flexibility index (Phi) is 3.91. The maximum absolute atomic E-state index is 12.8. The molecule has 110 valence electrons. The molecule has 2 aliphatic rings. The van der Waals surface area contributed by atoms with Crippen molar-refractivity contribution in [1.29, 1.82) is 0 Å². The van der Waals surface area contributed by atoms with Crippen LogP contribution in [0.1, 0.15) is 33.6 Å². The molecule has 0 aromatic heterocycles. The molecule has 3 N–H and O–H groups in total. The molecule has 2 rings (SSSR count). The summed E-state index contributed by atoms with van der Waals surface area (Å²) in [4.78, 5) is 14.5. The Balaban J connectivity index is 2.20. The second-order valence-corrected chi connectivity index (χ2v) is 6.29. The number of amides is 1. The predicted octanol–water partition coefficient (Wildman–Crippen LogP) is 0.360. The van der Waals surface area contributed by atoms with E-state index in [2.05, 4.69) is 0 Å². The van der Waals surface area contributed by atoms with Crippen LogP contribution in [0.4, 0.5) is 0 Å². The Morgan fingerprint density at radius 2 is 2.16 bits per heavy atom. The van der Waals surface area contributed by atoms with E-state index in [-0.39, 0.29) is 30.0 Å². The van der Waals surface area contributed by atoms with Gasteiger partial charge in [-0.05, 0) is 12.8 Å². The molecule has 1 aliphatic heterocycles. The molecular weight excluding hydrogens is 244 g/mol. The number of carbonyl (C=O) groups excluding carboxylic acids is 1. The summed E-state index contributed by atoms with van der Waals surface area (Å²) in [5.74, 6) is 0.0909. The number of fused-ring (bicyclic) bond motifs is 1. The first kappa shape index (κ1) is 14.8. The third kappa shape index (κ3) is 1.90. The summed E-state index contributed by atoms with van der Waals surface area (Å²) in [5, 5.41) is 9.13. The summed E-state index contributed by atoms with van der Waals surface area (Å²) in [6.45, 7) is 7.73. The van der Waals surface area contributed by atoms with Crippen LogP contribution in [0.2, 0.25) is 0 Å². The Bertz CT molecular complexity index is 353. The quantitative estimate of drug-likeness (QED) is 0.756. The summed E-state index contributed by atoms with van der Waals surface area (Å²) < 4.78 is 5.71. The highest BCUT2D eigenvalue weighted by Gasteiger charge is 2.71. The van der Waals surface area contributed by atoms with Crippen LogP contribution in [0, 0.1) is 11.3 Å². The fourth-order valence-electron chi connectivity index (χ4n) is 3.79. The fourth-order valence-corrected chi connectivity index (χ4v) is 3.79. The van der Waals surface area contributed by atoms with E-state index in [4.69, 9.17) is 15.6 Å². The van der Waals surface area contributed by atoms with Gasteiger partial charge in [0.1, 0.15) is 5.54 Å². The van der Waals surface area contributed by atoms with Gasteiger partial charge in [-0.25, -0.2) is 0 Å². The van der Waals surface area contributed by atoms with Crippen molar-refractivity contribution in [1.82, 2.24) is 4.90 Å². The van der Waals surface area contributed by atoms with Crippen molar-refractivity contribution < 1.29 is 14.6 Å². The smallest absolute Gasteiger partial charge is 0.243 e. The fraction of sp³-hybridized carbons (Fsp3) is 0.929. The molecule has 0 aromatic carbocycles. The second-order valence-electron chi connectivity index (χ2n) is 6.29. The van der Waals surface area contributed by atoms with Crippen molar-refractivity contribution in [3.63, 3.8) is 0 Å². The number of hydrogen-bond donors (Lipinski definition) is 2. The third-order valence-corrected chi connectivity index (χ3v) is 4.96. The molecule has 2 fully saturated rings. The van der Waals surface area contributed by atoms with Gasteiger partial charge in [0.05, 0.1) is 12.7 Å². The molecular formula is C14H26N2O3. The molecule has 1 saturated carbocycles. The predicted molar refractivity (Wildman–Crippen MR) is 72.5 cm³/mol. The number of rotatable bonds is 5. The van der Waals surface area contributed by atoms with Crippen molar-refractivity contribution >= 4 is 5.91 Å². The van der Waals surface area contributed by atoms with Gasteiger partial charge in [-0.3, -0.25) is 4.79 Å². The van der Waals surface area contributed by atoms with Crippen LogP contribution >= 0.6 is 0 Å². The summed E-state index contributed by atoms with van der Waals surface area (Å²) in [6.07, 6.45) is 1.82. The van der Waals surface area contributed by atoms with E-state index in [0.29, 0.717) is 19.7 Å². The SMILES string of the molecule is CCCN(CCO)C(=O)C1(N)C2CCOC2C1(C)C. The lowest BCUT2D eigenvalue weighted by Crippen LogP contribution is -2.80. The van der Waals surface area contributed by atoms with E-state index in [0.717, 1.165) is 12.8 Å². The normalized spacial score (nSPS) is 35.6. The zero-order chi connectivity index (χ0) is 14.3. The first-order chi connectivity index (χ1) is 8.91. The molecule has 5 heteroatoms. The minimum Gasteiger partial charge on any atom is -0.395 e. The van der Waals surface area contributed by atoms with E-state index < -0.39 is 5.54 Å². The molecule has 1 heterocycles. The first-order valence-corrected chi connectivity index (χ1v) is 7.22. The number of nitrogens with two attached hydrogens (primary N) is 1. The van der Waals surface area contributed by atoms with Gasteiger partial charge in [0.2, 0.25) is 5.91 Å². The lowest BCUT2D eigenvalue weighted by Gasteiger charge is -2.61. The van der Waals surface area contributed by atoms with Gasteiger partial charge in [-0.15, -0.1) is 0 Å². The van der Waals surface area contributed by atoms with Gasteiger partial charge in [-0.2, -0.15) is 0 Å². The van der Waals surface area contributed by atoms with Crippen LogP contribution in [0.3, 0.4) is 0 Å². The summed E-state index contributed by atoms with van der Waals surface area (Å²) >= 11 is 0. The maximum Gasteiger partial charge on any atom is 0.243 e. The number of carbonyl (C=O) groups is 1. The van der Waals surface area contributed by atoms with Gasteiger partial charge >= 0.3 is 0 Å². The number of ether oxygens (including phenoxy) is 1. The van der Waals surface area contributed by atoms with Crippen molar-refractivity contribution in [2.45, 2.75) is 45.3 Å². The van der Waals surface area contributed by atoms with E-state index >= 15 is 0 Å². The third-order valence-electron chi connectivity index (χ3n) is 4.96. The van der Waals surface area contributed by atoms with Crippen molar-refractivity contribution in [2.75, 3.05) is 26.3 Å². The largest absolute Gasteiger partial charge is 0.395 e. The van der Waals surface area contributed by atoms with Crippen LogP contribution < -0.4 is 5.73 Å². The van der Waals surface area contributed by atoms with Gasteiger partial charge < -0.3 is 20.5 Å². The maximum atomic E-state index is 12.8. The minimum atomic E-state index is -0.849. The molecule has 1 amide bonds. The standard InChI is InChI=1S/C14H26N2O3/c1-4-6-16(7-8-17)12(18)14(15)10-5-9-19-11(10)13(14,2)3/h10-11,17H,4-9,15H2,1-3H3. The number of nitrogens with zero attached hydrogens (tertiary/aromatic N) is 1. The van der Waals surface area contributed by atoms with Gasteiger partial charge in [0.15, 0.2) is 0 Å². The van der Waals surface area contributed by atoms with Crippen LogP contribution in [0.5, 0.6) is 0 Å². The zero-order valence-electron chi connectivity index (χ0n) is 12.2. The average Bonchev–Trinajstić information content (AvgIpc) is 2.84. The van der Waals surface area contributed by atoms with E-state index in [9.17, 15) is 4.79 Å². The van der Waals surface area contributed by atoms with Crippen LogP contribution in [-0.4, -0.2) is 53.9 Å². The number of aliphatic hydroxyl groups excluding tert-OH is 1. The molecule has 1 saturated heterocycles. The highest BCUT2D eigenvalue weighted by Crippen LogP contribution is 2.58. The molecule has 19 heavy (non-hydrogen) atoms. The van der Waals surface area contributed by atoms with Crippen LogP contribution in [0.15, 0.2) is 0 Å². The zero-order valence-corrected chi connectivity index (χ0v) is 12.2. The molecule has 5 nitrogen and oxygen atoms in total. The molecule has 0 bridgehead atoms. The van der Waals surface area contributed by atoms with Crippen molar-refractivity contribution in [3.05, 3.63) is 0 Å².